The predicted octanol–water partition coefficient (Wildman–Crippen LogP) is -0.724. The summed E-state index contributed by atoms with van der Waals surface area (Å²) in [6.45, 7) is 0.767. The normalized spacial score (nSPS) is 12.5. The largest absolute Gasteiger partial charge is 0.464 e. The van der Waals surface area contributed by atoms with Crippen molar-refractivity contribution in [3.63, 3.8) is 0 Å². The summed E-state index contributed by atoms with van der Waals surface area (Å²) in [5.74, 6) is -0.467. The van der Waals surface area contributed by atoms with E-state index in [0.717, 1.165) is 0 Å². The molecule has 0 bridgehead atoms. The quantitative estimate of drug-likeness (QED) is 0.410. The molecule has 13 heavy (non-hydrogen) atoms. The molecule has 0 radical (unpaired) electrons. The lowest BCUT2D eigenvalue weighted by atomic mass is 10.2. The van der Waals surface area contributed by atoms with Crippen LogP contribution in [0.25, 0.3) is 0 Å². The van der Waals surface area contributed by atoms with Crippen LogP contribution in [0.5, 0.6) is 0 Å². The number of aliphatic hydroxyl groups excluding tert-OH is 1. The molecule has 3 N–H and O–H groups in total. The lowest BCUT2D eigenvalue weighted by Gasteiger charge is -2.09. The van der Waals surface area contributed by atoms with Crippen LogP contribution in [-0.4, -0.2) is 44.0 Å². The van der Waals surface area contributed by atoms with E-state index in [-0.39, 0.29) is 13.0 Å². The first-order chi connectivity index (χ1) is 6.22. The van der Waals surface area contributed by atoms with Gasteiger partial charge in [-0.1, -0.05) is 0 Å². The smallest absolute Gasteiger partial charge is 0.322 e. The van der Waals surface area contributed by atoms with Crippen LogP contribution in [0.2, 0.25) is 0 Å². The number of aliphatic hydroxyl groups is 1. The number of methoxy groups -OCH3 is 1. The highest BCUT2D eigenvalue weighted by atomic mass is 16.5. The second-order valence-corrected chi connectivity index (χ2v) is 2.63. The lowest BCUT2D eigenvalue weighted by Crippen LogP contribution is -2.33. The number of nitrogens with two attached hydrogens (primary N) is 1. The van der Waals surface area contributed by atoms with Gasteiger partial charge in [0.2, 0.25) is 0 Å². The zero-order valence-electron chi connectivity index (χ0n) is 7.86. The predicted molar refractivity (Wildman–Crippen MR) is 47.1 cm³/mol. The van der Waals surface area contributed by atoms with Crippen molar-refractivity contribution in [1.82, 2.24) is 0 Å². The van der Waals surface area contributed by atoms with Crippen LogP contribution in [-0.2, 0) is 14.3 Å². The molecule has 0 heterocycles. The maximum absolute atomic E-state index is 11.0. The van der Waals surface area contributed by atoms with Crippen molar-refractivity contribution in [1.29, 1.82) is 0 Å². The van der Waals surface area contributed by atoms with E-state index in [4.69, 9.17) is 20.3 Å². The first kappa shape index (κ1) is 12.3. The molecule has 0 aliphatic heterocycles. The van der Waals surface area contributed by atoms with Gasteiger partial charge in [0.05, 0.1) is 6.61 Å². The molecule has 78 valence electrons. The van der Waals surface area contributed by atoms with E-state index in [1.165, 1.54) is 0 Å². The fraction of sp³-hybridized carbons (Fsp3) is 0.875. The minimum atomic E-state index is -0.715. The lowest BCUT2D eigenvalue weighted by molar-refractivity contribution is -0.145. The zero-order chi connectivity index (χ0) is 10.1. The summed E-state index contributed by atoms with van der Waals surface area (Å²) < 4.78 is 9.57. The van der Waals surface area contributed by atoms with Crippen molar-refractivity contribution >= 4 is 5.97 Å². The second kappa shape index (κ2) is 7.97. The summed E-state index contributed by atoms with van der Waals surface area (Å²) in [6.07, 6.45) is 0.900. The molecule has 0 saturated carbocycles. The Kier molecular flexibility index (Phi) is 7.57. The summed E-state index contributed by atoms with van der Waals surface area (Å²) in [6, 6.07) is -0.715. The average molecular weight is 191 g/mol. The monoisotopic (exact) mass is 191 g/mol. The van der Waals surface area contributed by atoms with Gasteiger partial charge in [-0.2, -0.15) is 0 Å². The van der Waals surface area contributed by atoms with Gasteiger partial charge in [-0.25, -0.2) is 0 Å². The number of carbonyl (C=O) groups excluding carboxylic acids is 1. The minimum Gasteiger partial charge on any atom is -0.464 e. The fourth-order valence-corrected chi connectivity index (χ4v) is 0.740. The van der Waals surface area contributed by atoms with Crippen LogP contribution in [0.15, 0.2) is 0 Å². The van der Waals surface area contributed by atoms with Crippen molar-refractivity contribution in [2.45, 2.75) is 18.9 Å². The van der Waals surface area contributed by atoms with Crippen molar-refractivity contribution in [3.8, 4) is 0 Å². The maximum Gasteiger partial charge on any atom is 0.322 e. The van der Waals surface area contributed by atoms with Crippen LogP contribution < -0.4 is 5.73 Å². The molecule has 0 amide bonds. The third-order valence-corrected chi connectivity index (χ3v) is 1.48. The van der Waals surface area contributed by atoms with Crippen molar-refractivity contribution in [2.24, 2.45) is 5.73 Å². The molecule has 5 heteroatoms. The summed E-state index contributed by atoms with van der Waals surface area (Å²) in [5.41, 5.74) is 5.38. The molecule has 0 aliphatic rings. The van der Waals surface area contributed by atoms with E-state index < -0.39 is 12.0 Å². The number of carbonyl (C=O) groups is 1. The van der Waals surface area contributed by atoms with Crippen molar-refractivity contribution in [2.75, 3.05) is 26.9 Å². The minimum absolute atomic E-state index is 0.103. The van der Waals surface area contributed by atoms with E-state index in [1.54, 1.807) is 7.11 Å². The van der Waals surface area contributed by atoms with Crippen molar-refractivity contribution in [3.05, 3.63) is 0 Å². The molecule has 0 saturated heterocycles. The highest BCUT2D eigenvalue weighted by Gasteiger charge is 2.13. The Hall–Kier alpha value is -0.650. The number of hydrogen-bond acceptors (Lipinski definition) is 5. The first-order valence-electron chi connectivity index (χ1n) is 4.24. The van der Waals surface area contributed by atoms with Gasteiger partial charge >= 0.3 is 5.97 Å². The number of esters is 1. The Morgan fingerprint density at radius 1 is 1.54 bits per heavy atom. The van der Waals surface area contributed by atoms with Gasteiger partial charge in [-0.15, -0.1) is 0 Å². The van der Waals surface area contributed by atoms with Gasteiger partial charge in [0.25, 0.3) is 0 Å². The topological polar surface area (TPSA) is 81.8 Å². The molecular formula is C8H17NO4. The zero-order valence-corrected chi connectivity index (χ0v) is 7.86. The van der Waals surface area contributed by atoms with Gasteiger partial charge in [-0.3, -0.25) is 4.79 Å². The van der Waals surface area contributed by atoms with Crippen LogP contribution in [0, 0.1) is 0 Å². The summed E-state index contributed by atoms with van der Waals surface area (Å²) in [7, 11) is 1.58. The molecular weight excluding hydrogens is 174 g/mol. The second-order valence-electron chi connectivity index (χ2n) is 2.63. The average Bonchev–Trinajstić information content (AvgIpc) is 2.12. The van der Waals surface area contributed by atoms with E-state index in [2.05, 4.69) is 0 Å². The van der Waals surface area contributed by atoms with Gasteiger partial charge in [-0.05, 0) is 6.42 Å². The third-order valence-electron chi connectivity index (χ3n) is 1.48. The first-order valence-corrected chi connectivity index (χ1v) is 4.24. The third kappa shape index (κ3) is 6.51. The molecule has 0 fully saturated rings. The highest BCUT2D eigenvalue weighted by molar-refractivity contribution is 5.75. The van der Waals surface area contributed by atoms with Gasteiger partial charge in [0, 0.05) is 26.7 Å². The Bertz CT molecular complexity index is 140. The van der Waals surface area contributed by atoms with Gasteiger partial charge in [0.15, 0.2) is 0 Å². The molecule has 1 atom stereocenters. The van der Waals surface area contributed by atoms with E-state index in [9.17, 15) is 4.79 Å². The Labute approximate surface area is 77.8 Å². The molecule has 0 unspecified atom stereocenters. The number of ether oxygens (including phenoxy) is 2. The summed E-state index contributed by atoms with van der Waals surface area (Å²) >= 11 is 0. The molecule has 0 aromatic carbocycles. The molecule has 0 rings (SSSR count). The van der Waals surface area contributed by atoms with E-state index in [1.807, 2.05) is 0 Å². The van der Waals surface area contributed by atoms with Crippen LogP contribution in [0.1, 0.15) is 12.8 Å². The van der Waals surface area contributed by atoms with Crippen LogP contribution in [0.3, 0.4) is 0 Å². The number of hydrogen-bond donors (Lipinski definition) is 2. The molecule has 0 spiro atoms. The highest BCUT2D eigenvalue weighted by Crippen LogP contribution is 1.92. The van der Waals surface area contributed by atoms with Crippen LogP contribution >= 0.6 is 0 Å². The molecule has 0 aliphatic carbocycles. The molecule has 0 aromatic heterocycles. The molecule has 0 aromatic rings. The number of rotatable bonds is 7. The van der Waals surface area contributed by atoms with E-state index >= 15 is 0 Å². The summed E-state index contributed by atoms with van der Waals surface area (Å²) in [4.78, 5) is 11.0. The molecule has 5 nitrogen and oxygen atoms in total. The standard InChI is InChI=1S/C8H17NO4/c1-12-5-2-6-13-8(11)7(9)3-4-10/h7,10H,2-6,9H2,1H3/t7-/m1/s1. The SMILES string of the molecule is COCCCOC(=O)[C@H](N)CCO. The van der Waals surface area contributed by atoms with Crippen LogP contribution in [0.4, 0.5) is 0 Å². The Morgan fingerprint density at radius 2 is 2.23 bits per heavy atom. The maximum atomic E-state index is 11.0. The summed E-state index contributed by atoms with van der Waals surface area (Å²) in [5, 5.41) is 8.49. The van der Waals surface area contributed by atoms with Gasteiger partial charge in [0.1, 0.15) is 6.04 Å². The Balaban J connectivity index is 3.38. The van der Waals surface area contributed by atoms with E-state index in [0.29, 0.717) is 19.6 Å². The fourth-order valence-electron chi connectivity index (χ4n) is 0.740. The Morgan fingerprint density at radius 3 is 2.77 bits per heavy atom. The van der Waals surface area contributed by atoms with Gasteiger partial charge < -0.3 is 20.3 Å². The van der Waals surface area contributed by atoms with Crippen molar-refractivity contribution < 1.29 is 19.4 Å².